The van der Waals surface area contributed by atoms with Crippen LogP contribution in [0.4, 0.5) is 0 Å². The lowest BCUT2D eigenvalue weighted by Crippen LogP contribution is -2.22. The zero-order valence-electron chi connectivity index (χ0n) is 9.80. The Morgan fingerprint density at radius 1 is 1.43 bits per heavy atom. The summed E-state index contributed by atoms with van der Waals surface area (Å²) < 4.78 is 5.19. The largest absolute Gasteiger partial charge is 0.465 e. The molecule has 0 aromatic rings. The molecular weight excluding hydrogens is 176 g/mol. The highest BCUT2D eigenvalue weighted by molar-refractivity contribution is 5.69. The van der Waals surface area contributed by atoms with Crippen LogP contribution < -0.4 is 0 Å². The van der Waals surface area contributed by atoms with Gasteiger partial charge in [-0.25, -0.2) is 0 Å². The molecule has 1 aliphatic carbocycles. The summed E-state index contributed by atoms with van der Waals surface area (Å²) in [5, 5.41) is 0. The van der Waals surface area contributed by atoms with Gasteiger partial charge >= 0.3 is 5.97 Å². The summed E-state index contributed by atoms with van der Waals surface area (Å²) in [6, 6.07) is 0. The van der Waals surface area contributed by atoms with E-state index in [1.54, 1.807) is 0 Å². The molecule has 1 fully saturated rings. The first-order valence-electron chi connectivity index (χ1n) is 5.55. The predicted molar refractivity (Wildman–Crippen MR) is 56.9 cm³/mol. The minimum Gasteiger partial charge on any atom is -0.465 e. The van der Waals surface area contributed by atoms with E-state index < -0.39 is 0 Å². The first-order valence-corrected chi connectivity index (χ1v) is 5.55. The standard InChI is InChI=1S/C12H22O2/c1-9(12(2,3)4)7-11(13)14-8-10-5-6-10/h9-10H,5-8H2,1-4H3. The van der Waals surface area contributed by atoms with Crippen molar-refractivity contribution in [1.82, 2.24) is 0 Å². The van der Waals surface area contributed by atoms with Crippen molar-refractivity contribution in [3.05, 3.63) is 0 Å². The van der Waals surface area contributed by atoms with Crippen LogP contribution in [0.5, 0.6) is 0 Å². The molecule has 1 saturated carbocycles. The SMILES string of the molecule is CC(CC(=O)OCC1CC1)C(C)(C)C. The van der Waals surface area contributed by atoms with Gasteiger partial charge in [0.15, 0.2) is 0 Å². The Bertz CT molecular complexity index is 199. The van der Waals surface area contributed by atoms with E-state index in [2.05, 4.69) is 27.7 Å². The van der Waals surface area contributed by atoms with E-state index in [9.17, 15) is 4.79 Å². The van der Waals surface area contributed by atoms with Crippen molar-refractivity contribution >= 4 is 5.97 Å². The molecule has 1 unspecified atom stereocenters. The number of carbonyl (C=O) groups excluding carboxylic acids is 1. The fourth-order valence-electron chi connectivity index (χ4n) is 1.11. The maximum absolute atomic E-state index is 11.4. The summed E-state index contributed by atoms with van der Waals surface area (Å²) in [4.78, 5) is 11.4. The Morgan fingerprint density at radius 2 is 2.00 bits per heavy atom. The van der Waals surface area contributed by atoms with E-state index in [0.29, 0.717) is 24.9 Å². The van der Waals surface area contributed by atoms with Crippen molar-refractivity contribution in [2.75, 3.05) is 6.61 Å². The third-order valence-electron chi connectivity index (χ3n) is 3.13. The van der Waals surface area contributed by atoms with Gasteiger partial charge in [-0.05, 0) is 30.1 Å². The van der Waals surface area contributed by atoms with Crippen LogP contribution in [0, 0.1) is 17.3 Å². The summed E-state index contributed by atoms with van der Waals surface area (Å²) in [5.74, 6) is 1.03. The third kappa shape index (κ3) is 4.12. The normalized spacial score (nSPS) is 19.1. The lowest BCUT2D eigenvalue weighted by Gasteiger charge is -2.26. The maximum atomic E-state index is 11.4. The minimum absolute atomic E-state index is 0.0284. The topological polar surface area (TPSA) is 26.3 Å². The number of esters is 1. The highest BCUT2D eigenvalue weighted by atomic mass is 16.5. The molecule has 0 spiro atoms. The number of carbonyl (C=O) groups is 1. The van der Waals surface area contributed by atoms with Crippen molar-refractivity contribution in [1.29, 1.82) is 0 Å². The van der Waals surface area contributed by atoms with Crippen molar-refractivity contribution in [3.63, 3.8) is 0 Å². The second-order valence-corrected chi connectivity index (χ2v) is 5.60. The van der Waals surface area contributed by atoms with Crippen molar-refractivity contribution in [2.24, 2.45) is 17.3 Å². The summed E-state index contributed by atoms with van der Waals surface area (Å²) >= 11 is 0. The van der Waals surface area contributed by atoms with Crippen LogP contribution in [-0.4, -0.2) is 12.6 Å². The minimum atomic E-state index is -0.0284. The van der Waals surface area contributed by atoms with Crippen LogP contribution in [-0.2, 0) is 9.53 Å². The highest BCUT2D eigenvalue weighted by Crippen LogP contribution is 2.30. The molecule has 0 heterocycles. The quantitative estimate of drug-likeness (QED) is 0.649. The number of rotatable bonds is 4. The highest BCUT2D eigenvalue weighted by Gasteiger charge is 2.26. The van der Waals surface area contributed by atoms with Gasteiger partial charge in [0.1, 0.15) is 0 Å². The van der Waals surface area contributed by atoms with Gasteiger partial charge in [0.05, 0.1) is 6.61 Å². The number of ether oxygens (including phenoxy) is 1. The van der Waals surface area contributed by atoms with Gasteiger partial charge in [-0.15, -0.1) is 0 Å². The summed E-state index contributed by atoms with van der Waals surface area (Å²) in [5.41, 5.74) is 0.193. The van der Waals surface area contributed by atoms with E-state index in [-0.39, 0.29) is 11.4 Å². The molecule has 82 valence electrons. The van der Waals surface area contributed by atoms with Gasteiger partial charge in [0.25, 0.3) is 0 Å². The van der Waals surface area contributed by atoms with Gasteiger partial charge in [-0.3, -0.25) is 4.79 Å². The van der Waals surface area contributed by atoms with Crippen LogP contribution in [0.15, 0.2) is 0 Å². The fraction of sp³-hybridized carbons (Fsp3) is 0.917. The molecular formula is C12H22O2. The third-order valence-corrected chi connectivity index (χ3v) is 3.13. The average Bonchev–Trinajstić information content (AvgIpc) is 2.81. The molecule has 0 aromatic carbocycles. The molecule has 1 rings (SSSR count). The van der Waals surface area contributed by atoms with Crippen LogP contribution in [0.1, 0.15) is 47.0 Å². The van der Waals surface area contributed by atoms with E-state index in [0.717, 1.165) is 0 Å². The van der Waals surface area contributed by atoms with Gasteiger partial charge in [-0.2, -0.15) is 0 Å². The van der Waals surface area contributed by atoms with Gasteiger partial charge in [0, 0.05) is 6.42 Å². The number of hydrogen-bond donors (Lipinski definition) is 0. The number of hydrogen-bond acceptors (Lipinski definition) is 2. The molecule has 0 aromatic heterocycles. The second-order valence-electron chi connectivity index (χ2n) is 5.60. The van der Waals surface area contributed by atoms with Crippen molar-refractivity contribution in [3.8, 4) is 0 Å². The van der Waals surface area contributed by atoms with Crippen LogP contribution in [0.3, 0.4) is 0 Å². The lowest BCUT2D eigenvalue weighted by molar-refractivity contribution is -0.146. The van der Waals surface area contributed by atoms with E-state index >= 15 is 0 Å². The van der Waals surface area contributed by atoms with Gasteiger partial charge in [0.2, 0.25) is 0 Å². The van der Waals surface area contributed by atoms with E-state index in [1.165, 1.54) is 12.8 Å². The van der Waals surface area contributed by atoms with E-state index in [1.807, 2.05) is 0 Å². The Kier molecular flexibility index (Phi) is 3.57. The maximum Gasteiger partial charge on any atom is 0.306 e. The average molecular weight is 198 g/mol. The zero-order chi connectivity index (χ0) is 10.8. The van der Waals surface area contributed by atoms with Gasteiger partial charge < -0.3 is 4.74 Å². The lowest BCUT2D eigenvalue weighted by atomic mass is 9.80. The second kappa shape index (κ2) is 4.33. The molecule has 0 saturated heterocycles. The Labute approximate surface area is 87.0 Å². The molecule has 0 N–H and O–H groups in total. The van der Waals surface area contributed by atoms with Crippen LogP contribution in [0.2, 0.25) is 0 Å². The molecule has 0 amide bonds. The molecule has 2 nitrogen and oxygen atoms in total. The predicted octanol–water partition coefficient (Wildman–Crippen LogP) is 3.01. The smallest absolute Gasteiger partial charge is 0.306 e. The van der Waals surface area contributed by atoms with Gasteiger partial charge in [-0.1, -0.05) is 27.7 Å². The Balaban J connectivity index is 2.18. The van der Waals surface area contributed by atoms with Crippen LogP contribution in [0.25, 0.3) is 0 Å². The summed E-state index contributed by atoms with van der Waals surface area (Å²) in [7, 11) is 0. The molecule has 14 heavy (non-hydrogen) atoms. The monoisotopic (exact) mass is 198 g/mol. The van der Waals surface area contributed by atoms with Crippen molar-refractivity contribution < 1.29 is 9.53 Å². The first-order chi connectivity index (χ1) is 6.39. The van der Waals surface area contributed by atoms with Crippen molar-refractivity contribution in [2.45, 2.75) is 47.0 Å². The molecule has 1 atom stereocenters. The van der Waals surface area contributed by atoms with E-state index in [4.69, 9.17) is 4.74 Å². The summed E-state index contributed by atoms with van der Waals surface area (Å²) in [6.45, 7) is 9.23. The summed E-state index contributed by atoms with van der Waals surface area (Å²) in [6.07, 6.45) is 3.03. The molecule has 0 bridgehead atoms. The molecule has 0 radical (unpaired) electrons. The Morgan fingerprint density at radius 3 is 2.43 bits per heavy atom. The molecule has 2 heteroatoms. The van der Waals surface area contributed by atoms with Crippen LogP contribution >= 0.6 is 0 Å². The molecule has 1 aliphatic rings. The molecule has 0 aliphatic heterocycles. The fourth-order valence-corrected chi connectivity index (χ4v) is 1.11. The first kappa shape index (κ1) is 11.5. The zero-order valence-corrected chi connectivity index (χ0v) is 9.80. The Hall–Kier alpha value is -0.530.